The Labute approximate surface area is 115 Å². The molecule has 104 valence electrons. The van der Waals surface area contributed by atoms with Crippen molar-refractivity contribution in [1.29, 1.82) is 0 Å². The van der Waals surface area contributed by atoms with Gasteiger partial charge in [0.1, 0.15) is 6.04 Å². The summed E-state index contributed by atoms with van der Waals surface area (Å²) in [7, 11) is 0. The number of rotatable bonds is 2. The quantitative estimate of drug-likeness (QED) is 0.846. The lowest BCUT2D eigenvalue weighted by molar-refractivity contribution is -0.121. The molecule has 1 aliphatic rings. The lowest BCUT2D eigenvalue weighted by Gasteiger charge is -2.42. The van der Waals surface area contributed by atoms with Gasteiger partial charge in [-0.25, -0.2) is 0 Å². The Hall–Kier alpha value is -1.55. The number of hydrogen-bond donors (Lipinski definition) is 2. The summed E-state index contributed by atoms with van der Waals surface area (Å²) in [6.07, 6.45) is 0.906. The normalized spacial score (nSPS) is 22.8. The van der Waals surface area contributed by atoms with Crippen LogP contribution in [0.25, 0.3) is 0 Å². The Morgan fingerprint density at radius 1 is 1.37 bits per heavy atom. The van der Waals surface area contributed by atoms with Crippen LogP contribution in [0.15, 0.2) is 24.3 Å². The maximum absolute atomic E-state index is 12.2. The SMILES string of the molecule is Cc1ccc(N2C(CN)C(=O)NCCC2(C)C)cc1. The van der Waals surface area contributed by atoms with E-state index in [0.717, 1.165) is 12.1 Å². The van der Waals surface area contributed by atoms with Gasteiger partial charge in [0, 0.05) is 24.3 Å². The fourth-order valence-corrected chi connectivity index (χ4v) is 2.72. The topological polar surface area (TPSA) is 58.4 Å². The zero-order valence-electron chi connectivity index (χ0n) is 11.9. The first-order chi connectivity index (χ1) is 8.95. The molecule has 4 nitrogen and oxygen atoms in total. The van der Waals surface area contributed by atoms with Crippen molar-refractivity contribution in [3.63, 3.8) is 0 Å². The van der Waals surface area contributed by atoms with Gasteiger partial charge in [0.25, 0.3) is 0 Å². The summed E-state index contributed by atoms with van der Waals surface area (Å²) in [6.45, 7) is 7.41. The van der Waals surface area contributed by atoms with Gasteiger partial charge in [-0.05, 0) is 39.3 Å². The first-order valence-corrected chi connectivity index (χ1v) is 6.79. The molecule has 1 aliphatic heterocycles. The monoisotopic (exact) mass is 261 g/mol. The number of hydrogen-bond acceptors (Lipinski definition) is 3. The van der Waals surface area contributed by atoms with Gasteiger partial charge in [0.2, 0.25) is 5.91 Å². The molecule has 0 radical (unpaired) electrons. The summed E-state index contributed by atoms with van der Waals surface area (Å²) < 4.78 is 0. The van der Waals surface area contributed by atoms with Gasteiger partial charge in [-0.3, -0.25) is 4.79 Å². The summed E-state index contributed by atoms with van der Waals surface area (Å²) >= 11 is 0. The molecule has 1 atom stereocenters. The van der Waals surface area contributed by atoms with E-state index in [2.05, 4.69) is 55.3 Å². The van der Waals surface area contributed by atoms with Gasteiger partial charge < -0.3 is 16.0 Å². The molecular weight excluding hydrogens is 238 g/mol. The fourth-order valence-electron chi connectivity index (χ4n) is 2.72. The third-order valence-corrected chi connectivity index (χ3v) is 3.84. The maximum atomic E-state index is 12.2. The third-order valence-electron chi connectivity index (χ3n) is 3.84. The van der Waals surface area contributed by atoms with E-state index in [4.69, 9.17) is 5.73 Å². The van der Waals surface area contributed by atoms with Crippen molar-refractivity contribution >= 4 is 11.6 Å². The first-order valence-electron chi connectivity index (χ1n) is 6.79. The maximum Gasteiger partial charge on any atom is 0.244 e. The molecule has 2 rings (SSSR count). The highest BCUT2D eigenvalue weighted by Gasteiger charge is 2.38. The van der Waals surface area contributed by atoms with Gasteiger partial charge in [-0.2, -0.15) is 0 Å². The molecule has 0 aliphatic carbocycles. The predicted octanol–water partition coefficient (Wildman–Crippen LogP) is 1.43. The second kappa shape index (κ2) is 5.21. The summed E-state index contributed by atoms with van der Waals surface area (Å²) in [5, 5.41) is 2.95. The van der Waals surface area contributed by atoms with Crippen LogP contribution in [0, 0.1) is 6.92 Å². The highest BCUT2D eigenvalue weighted by Crippen LogP contribution is 2.30. The van der Waals surface area contributed by atoms with E-state index in [0.29, 0.717) is 13.1 Å². The smallest absolute Gasteiger partial charge is 0.244 e. The number of carbonyl (C=O) groups is 1. The molecule has 1 heterocycles. The van der Waals surface area contributed by atoms with E-state index < -0.39 is 0 Å². The lowest BCUT2D eigenvalue weighted by atomic mass is 9.95. The molecule has 1 aromatic carbocycles. The van der Waals surface area contributed by atoms with Crippen LogP contribution in [-0.4, -0.2) is 30.6 Å². The molecule has 4 heteroatoms. The van der Waals surface area contributed by atoms with E-state index in [9.17, 15) is 4.79 Å². The van der Waals surface area contributed by atoms with Crippen molar-refractivity contribution in [2.75, 3.05) is 18.0 Å². The zero-order valence-corrected chi connectivity index (χ0v) is 11.9. The highest BCUT2D eigenvalue weighted by molar-refractivity contribution is 5.86. The Balaban J connectivity index is 2.45. The number of nitrogens with zero attached hydrogens (tertiary/aromatic N) is 1. The van der Waals surface area contributed by atoms with E-state index in [1.807, 2.05) is 0 Å². The van der Waals surface area contributed by atoms with Crippen molar-refractivity contribution in [3.05, 3.63) is 29.8 Å². The van der Waals surface area contributed by atoms with E-state index in [1.54, 1.807) is 0 Å². The van der Waals surface area contributed by atoms with Crippen molar-refractivity contribution in [2.45, 2.75) is 38.8 Å². The average Bonchev–Trinajstić information content (AvgIpc) is 2.47. The van der Waals surface area contributed by atoms with Crippen molar-refractivity contribution < 1.29 is 4.79 Å². The molecule has 19 heavy (non-hydrogen) atoms. The van der Waals surface area contributed by atoms with Crippen LogP contribution in [0.2, 0.25) is 0 Å². The number of benzene rings is 1. The predicted molar refractivity (Wildman–Crippen MR) is 78.2 cm³/mol. The molecule has 0 bridgehead atoms. The number of anilines is 1. The minimum atomic E-state index is -0.305. The van der Waals surface area contributed by atoms with Crippen LogP contribution in [0.5, 0.6) is 0 Å². The Morgan fingerprint density at radius 3 is 2.58 bits per heavy atom. The number of nitrogens with one attached hydrogen (secondary N) is 1. The molecule has 0 saturated carbocycles. The van der Waals surface area contributed by atoms with Gasteiger partial charge >= 0.3 is 0 Å². The number of amides is 1. The van der Waals surface area contributed by atoms with Crippen molar-refractivity contribution in [2.24, 2.45) is 5.73 Å². The summed E-state index contributed by atoms with van der Waals surface area (Å²) in [6, 6.07) is 7.97. The molecule has 3 N–H and O–H groups in total. The van der Waals surface area contributed by atoms with Crippen molar-refractivity contribution in [1.82, 2.24) is 5.32 Å². The van der Waals surface area contributed by atoms with Crippen LogP contribution in [0.4, 0.5) is 5.69 Å². The Bertz CT molecular complexity index is 453. The Morgan fingerprint density at radius 2 is 2.00 bits per heavy atom. The van der Waals surface area contributed by atoms with Gasteiger partial charge in [-0.15, -0.1) is 0 Å². The number of carbonyl (C=O) groups excluding carboxylic acids is 1. The zero-order chi connectivity index (χ0) is 14.0. The largest absolute Gasteiger partial charge is 0.354 e. The lowest BCUT2D eigenvalue weighted by Crippen LogP contribution is -2.56. The second-order valence-electron chi connectivity index (χ2n) is 5.81. The second-order valence-corrected chi connectivity index (χ2v) is 5.81. The summed E-state index contributed by atoms with van der Waals surface area (Å²) in [4.78, 5) is 14.3. The third kappa shape index (κ3) is 2.73. The van der Waals surface area contributed by atoms with Gasteiger partial charge in [-0.1, -0.05) is 17.7 Å². The standard InChI is InChI=1S/C15H23N3O/c1-11-4-6-12(7-5-11)18-13(10-16)14(19)17-9-8-15(18,2)3/h4-7,13H,8-10,16H2,1-3H3,(H,17,19). The van der Waals surface area contributed by atoms with Gasteiger partial charge in [0.15, 0.2) is 0 Å². The molecule has 0 spiro atoms. The number of aryl methyl sites for hydroxylation is 1. The molecule has 1 unspecified atom stereocenters. The average molecular weight is 261 g/mol. The number of nitrogens with two attached hydrogens (primary N) is 1. The van der Waals surface area contributed by atoms with Crippen LogP contribution in [0.1, 0.15) is 25.8 Å². The minimum Gasteiger partial charge on any atom is -0.354 e. The van der Waals surface area contributed by atoms with Gasteiger partial charge in [0.05, 0.1) is 0 Å². The van der Waals surface area contributed by atoms with E-state index >= 15 is 0 Å². The highest BCUT2D eigenvalue weighted by atomic mass is 16.2. The molecule has 1 fully saturated rings. The molecule has 1 aromatic rings. The summed E-state index contributed by atoms with van der Waals surface area (Å²) in [5.74, 6) is 0.0219. The minimum absolute atomic E-state index is 0.0219. The van der Waals surface area contributed by atoms with Crippen LogP contribution < -0.4 is 16.0 Å². The molecule has 0 aromatic heterocycles. The van der Waals surface area contributed by atoms with Crippen LogP contribution in [-0.2, 0) is 4.79 Å². The fraction of sp³-hybridized carbons (Fsp3) is 0.533. The molecule has 1 amide bonds. The van der Waals surface area contributed by atoms with Crippen molar-refractivity contribution in [3.8, 4) is 0 Å². The van der Waals surface area contributed by atoms with Crippen LogP contribution in [0.3, 0.4) is 0 Å². The Kier molecular flexibility index (Phi) is 3.80. The van der Waals surface area contributed by atoms with E-state index in [-0.39, 0.29) is 17.5 Å². The van der Waals surface area contributed by atoms with E-state index in [1.165, 1.54) is 5.56 Å². The first kappa shape index (κ1) is 13.9. The molecule has 1 saturated heterocycles. The summed E-state index contributed by atoms with van der Waals surface area (Å²) in [5.41, 5.74) is 8.01. The van der Waals surface area contributed by atoms with Crippen LogP contribution >= 0.6 is 0 Å². The molecular formula is C15H23N3O.